The molecular weight excluding hydrogens is 384 g/mol. The lowest BCUT2D eigenvalue weighted by Gasteiger charge is -2.27. The molecule has 0 aliphatic heterocycles. The van der Waals surface area contributed by atoms with Gasteiger partial charge in [0.2, 0.25) is 5.91 Å². The average molecular weight is 409 g/mol. The van der Waals surface area contributed by atoms with Gasteiger partial charge in [-0.15, -0.1) is 0 Å². The summed E-state index contributed by atoms with van der Waals surface area (Å²) < 4.78 is 27.6. The van der Waals surface area contributed by atoms with E-state index >= 15 is 0 Å². The van der Waals surface area contributed by atoms with Gasteiger partial charge in [0.25, 0.3) is 10.0 Å². The highest BCUT2D eigenvalue weighted by Gasteiger charge is 2.28. The molecule has 0 unspecified atom stereocenters. The molecule has 2 aromatic rings. The minimum absolute atomic E-state index is 0.0702. The van der Waals surface area contributed by atoms with Gasteiger partial charge in [-0.1, -0.05) is 49.7 Å². The van der Waals surface area contributed by atoms with E-state index in [0.717, 1.165) is 4.31 Å². The molecule has 1 N–H and O–H groups in total. The van der Waals surface area contributed by atoms with Crippen LogP contribution in [0.5, 0.6) is 0 Å². The fourth-order valence-corrected chi connectivity index (χ4v) is 4.13. The SMILES string of the molecule is Cc1ccc(Cl)cc1N(CC(=O)N[C@H](C)C(C)C)S(=O)(=O)c1ccccc1. The first-order chi connectivity index (χ1) is 12.6. The molecule has 0 spiro atoms. The van der Waals surface area contributed by atoms with E-state index in [9.17, 15) is 13.2 Å². The Morgan fingerprint density at radius 1 is 1.11 bits per heavy atom. The van der Waals surface area contributed by atoms with Gasteiger partial charge >= 0.3 is 0 Å². The van der Waals surface area contributed by atoms with Crippen LogP contribution in [-0.4, -0.2) is 26.9 Å². The maximum Gasteiger partial charge on any atom is 0.264 e. The van der Waals surface area contributed by atoms with Crippen LogP contribution in [0.3, 0.4) is 0 Å². The number of carbonyl (C=O) groups is 1. The first kappa shape index (κ1) is 21.3. The lowest BCUT2D eigenvalue weighted by atomic mass is 10.1. The van der Waals surface area contributed by atoms with Crippen molar-refractivity contribution < 1.29 is 13.2 Å². The number of nitrogens with one attached hydrogen (secondary N) is 1. The van der Waals surface area contributed by atoms with E-state index in [2.05, 4.69) is 5.32 Å². The first-order valence-corrected chi connectivity index (χ1v) is 10.6. The van der Waals surface area contributed by atoms with Crippen LogP contribution in [0.4, 0.5) is 5.69 Å². The van der Waals surface area contributed by atoms with Crippen molar-refractivity contribution in [2.45, 2.75) is 38.6 Å². The molecule has 0 bridgehead atoms. The summed E-state index contributed by atoms with van der Waals surface area (Å²) in [6, 6.07) is 13.0. The van der Waals surface area contributed by atoms with E-state index in [1.807, 2.05) is 20.8 Å². The molecule has 2 aromatic carbocycles. The summed E-state index contributed by atoms with van der Waals surface area (Å²) in [6.07, 6.45) is 0. The summed E-state index contributed by atoms with van der Waals surface area (Å²) in [6.45, 7) is 7.33. The third-order valence-electron chi connectivity index (χ3n) is 4.45. The third kappa shape index (κ3) is 5.23. The minimum atomic E-state index is -3.93. The van der Waals surface area contributed by atoms with Gasteiger partial charge in [-0.2, -0.15) is 0 Å². The molecule has 1 amide bonds. The Bertz CT molecular complexity index is 899. The molecule has 0 radical (unpaired) electrons. The highest BCUT2D eigenvalue weighted by Crippen LogP contribution is 2.29. The lowest BCUT2D eigenvalue weighted by Crippen LogP contribution is -2.45. The fraction of sp³-hybridized carbons (Fsp3) is 0.350. The highest BCUT2D eigenvalue weighted by atomic mass is 35.5. The van der Waals surface area contributed by atoms with Gasteiger partial charge in [0.05, 0.1) is 10.6 Å². The molecule has 0 aliphatic rings. The van der Waals surface area contributed by atoms with Crippen molar-refractivity contribution in [1.29, 1.82) is 0 Å². The van der Waals surface area contributed by atoms with E-state index in [4.69, 9.17) is 11.6 Å². The standard InChI is InChI=1S/C20H25ClN2O3S/c1-14(2)16(4)22-20(24)13-23(19-12-17(21)11-10-15(19)3)27(25,26)18-8-6-5-7-9-18/h5-12,14,16H,13H2,1-4H3,(H,22,24)/t16-/m1/s1. The second kappa shape index (κ2) is 8.76. The molecule has 0 saturated carbocycles. The van der Waals surface area contributed by atoms with Crippen molar-refractivity contribution in [2.24, 2.45) is 5.92 Å². The van der Waals surface area contributed by atoms with Crippen molar-refractivity contribution in [1.82, 2.24) is 5.32 Å². The molecule has 27 heavy (non-hydrogen) atoms. The molecule has 5 nitrogen and oxygen atoms in total. The first-order valence-electron chi connectivity index (χ1n) is 8.76. The summed E-state index contributed by atoms with van der Waals surface area (Å²) in [5.74, 6) is -0.129. The zero-order valence-electron chi connectivity index (χ0n) is 15.9. The van der Waals surface area contributed by atoms with Gasteiger partial charge in [0.15, 0.2) is 0 Å². The number of nitrogens with zero attached hydrogens (tertiary/aromatic N) is 1. The Hall–Kier alpha value is -2.05. The summed E-state index contributed by atoms with van der Waals surface area (Å²) in [7, 11) is -3.93. The maximum atomic E-state index is 13.3. The Balaban J connectivity index is 2.46. The van der Waals surface area contributed by atoms with Crippen LogP contribution in [0.2, 0.25) is 5.02 Å². The molecule has 1 atom stereocenters. The number of hydrogen-bond acceptors (Lipinski definition) is 3. The third-order valence-corrected chi connectivity index (χ3v) is 6.46. The van der Waals surface area contributed by atoms with Crippen LogP contribution in [0.25, 0.3) is 0 Å². The molecule has 0 fully saturated rings. The van der Waals surface area contributed by atoms with Gasteiger partial charge < -0.3 is 5.32 Å². The summed E-state index contributed by atoms with van der Waals surface area (Å²) >= 11 is 6.10. The molecule has 0 saturated heterocycles. The van der Waals surface area contributed by atoms with Crippen molar-refractivity contribution in [3.63, 3.8) is 0 Å². The van der Waals surface area contributed by atoms with Crippen LogP contribution in [0.15, 0.2) is 53.4 Å². The predicted molar refractivity (Wildman–Crippen MR) is 110 cm³/mol. The Morgan fingerprint density at radius 2 is 1.74 bits per heavy atom. The quantitative estimate of drug-likeness (QED) is 0.752. The van der Waals surface area contributed by atoms with E-state index in [1.54, 1.807) is 43.3 Å². The van der Waals surface area contributed by atoms with E-state index in [-0.39, 0.29) is 29.3 Å². The number of anilines is 1. The zero-order valence-corrected chi connectivity index (χ0v) is 17.5. The Labute approximate surface area is 166 Å². The molecule has 2 rings (SSSR count). The minimum Gasteiger partial charge on any atom is -0.352 e. The number of halogens is 1. The maximum absolute atomic E-state index is 13.3. The van der Waals surface area contributed by atoms with Gasteiger partial charge in [-0.05, 0) is 49.6 Å². The monoisotopic (exact) mass is 408 g/mol. The molecule has 0 aliphatic carbocycles. The second-order valence-electron chi connectivity index (χ2n) is 6.86. The van der Waals surface area contributed by atoms with Crippen LogP contribution < -0.4 is 9.62 Å². The number of aryl methyl sites for hydroxylation is 1. The summed E-state index contributed by atoms with van der Waals surface area (Å²) in [5, 5.41) is 3.26. The molecular formula is C20H25ClN2O3S. The Kier molecular flexibility index (Phi) is 6.89. The summed E-state index contributed by atoms with van der Waals surface area (Å²) in [5.41, 5.74) is 1.10. The van der Waals surface area contributed by atoms with Crippen molar-refractivity contribution in [3.8, 4) is 0 Å². The van der Waals surface area contributed by atoms with E-state index in [0.29, 0.717) is 16.3 Å². The number of carbonyl (C=O) groups excluding carboxylic acids is 1. The lowest BCUT2D eigenvalue weighted by molar-refractivity contribution is -0.120. The smallest absolute Gasteiger partial charge is 0.264 e. The number of amides is 1. The summed E-state index contributed by atoms with van der Waals surface area (Å²) in [4.78, 5) is 12.7. The zero-order chi connectivity index (χ0) is 20.2. The van der Waals surface area contributed by atoms with Crippen LogP contribution in [0.1, 0.15) is 26.3 Å². The largest absolute Gasteiger partial charge is 0.352 e. The van der Waals surface area contributed by atoms with Crippen LogP contribution in [0, 0.1) is 12.8 Å². The van der Waals surface area contributed by atoms with Crippen molar-refractivity contribution >= 4 is 33.2 Å². The number of rotatable bonds is 7. The highest BCUT2D eigenvalue weighted by molar-refractivity contribution is 7.92. The predicted octanol–water partition coefficient (Wildman–Crippen LogP) is 4.00. The van der Waals surface area contributed by atoms with E-state index < -0.39 is 10.0 Å². The normalized spacial score (nSPS) is 12.7. The Morgan fingerprint density at radius 3 is 2.33 bits per heavy atom. The number of benzene rings is 2. The van der Waals surface area contributed by atoms with E-state index in [1.165, 1.54) is 12.1 Å². The van der Waals surface area contributed by atoms with Crippen molar-refractivity contribution in [3.05, 3.63) is 59.1 Å². The molecule has 146 valence electrons. The molecule has 0 heterocycles. The number of hydrogen-bond donors (Lipinski definition) is 1. The topological polar surface area (TPSA) is 66.5 Å². The average Bonchev–Trinajstić information content (AvgIpc) is 2.62. The van der Waals surface area contributed by atoms with Crippen LogP contribution >= 0.6 is 11.6 Å². The molecule has 0 aromatic heterocycles. The van der Waals surface area contributed by atoms with Gasteiger partial charge in [0, 0.05) is 11.1 Å². The second-order valence-corrected chi connectivity index (χ2v) is 9.15. The van der Waals surface area contributed by atoms with Crippen LogP contribution in [-0.2, 0) is 14.8 Å². The number of sulfonamides is 1. The molecule has 7 heteroatoms. The van der Waals surface area contributed by atoms with Gasteiger partial charge in [-0.25, -0.2) is 8.42 Å². The van der Waals surface area contributed by atoms with Gasteiger partial charge in [-0.3, -0.25) is 9.10 Å². The van der Waals surface area contributed by atoms with Crippen molar-refractivity contribution in [2.75, 3.05) is 10.8 Å². The van der Waals surface area contributed by atoms with Gasteiger partial charge in [0.1, 0.15) is 6.54 Å². The fourth-order valence-electron chi connectivity index (χ4n) is 2.47.